The Bertz CT molecular complexity index is 562. The Morgan fingerprint density at radius 3 is 2.79 bits per heavy atom. The van der Waals surface area contributed by atoms with Crippen molar-refractivity contribution in [1.82, 2.24) is 10.2 Å². The van der Waals surface area contributed by atoms with Gasteiger partial charge in [-0.2, -0.15) is 0 Å². The molecule has 2 saturated heterocycles. The van der Waals surface area contributed by atoms with E-state index in [1.54, 1.807) is 0 Å². The van der Waals surface area contributed by atoms with Crippen molar-refractivity contribution in [3.63, 3.8) is 0 Å². The highest BCUT2D eigenvalue weighted by atomic mass is 35.5. The van der Waals surface area contributed by atoms with Gasteiger partial charge < -0.3 is 15.0 Å². The molecule has 0 aromatic heterocycles. The quantitative estimate of drug-likeness (QED) is 0.886. The zero-order valence-electron chi connectivity index (χ0n) is 14.1. The number of likely N-dealkylation sites (tertiary alicyclic amines) is 1. The smallest absolute Gasteiger partial charge is 0.233 e. The van der Waals surface area contributed by atoms with Crippen molar-refractivity contribution in [3.8, 4) is 0 Å². The van der Waals surface area contributed by atoms with Gasteiger partial charge in [-0.1, -0.05) is 23.7 Å². The Kier molecular flexibility index (Phi) is 6.93. The lowest BCUT2D eigenvalue weighted by Crippen LogP contribution is -2.55. The van der Waals surface area contributed by atoms with E-state index in [9.17, 15) is 4.79 Å². The zero-order chi connectivity index (χ0) is 16.3. The van der Waals surface area contributed by atoms with Gasteiger partial charge in [0.2, 0.25) is 5.91 Å². The molecule has 1 amide bonds. The Morgan fingerprint density at radius 1 is 1.38 bits per heavy atom. The molecule has 2 heterocycles. The van der Waals surface area contributed by atoms with E-state index < -0.39 is 5.41 Å². The van der Waals surface area contributed by atoms with Crippen LogP contribution in [-0.4, -0.2) is 50.2 Å². The van der Waals surface area contributed by atoms with Gasteiger partial charge in [0.25, 0.3) is 0 Å². The summed E-state index contributed by atoms with van der Waals surface area (Å²) in [5, 5.41) is 4.00. The summed E-state index contributed by atoms with van der Waals surface area (Å²) in [5.74, 6) is 0.239. The van der Waals surface area contributed by atoms with Crippen molar-refractivity contribution in [2.24, 2.45) is 0 Å². The van der Waals surface area contributed by atoms with E-state index in [1.807, 2.05) is 36.2 Å². The van der Waals surface area contributed by atoms with Crippen molar-refractivity contribution in [2.75, 3.05) is 33.4 Å². The molecule has 0 spiro atoms. The zero-order valence-corrected chi connectivity index (χ0v) is 15.7. The predicted octanol–water partition coefficient (Wildman–Crippen LogP) is 3.02. The number of hydrogen-bond donors (Lipinski definition) is 1. The highest BCUT2D eigenvalue weighted by Crippen LogP contribution is 2.38. The normalized spacial score (nSPS) is 23.4. The third-order valence-corrected chi connectivity index (χ3v) is 5.48. The SMILES string of the molecule is CNC1CCCN(C(=O)C2(c3cccc(Cl)c3)CCOCC2)C1.Cl. The highest BCUT2D eigenvalue weighted by Gasteiger charge is 2.44. The van der Waals surface area contributed by atoms with Gasteiger partial charge in [0.15, 0.2) is 0 Å². The first-order valence-corrected chi connectivity index (χ1v) is 8.84. The summed E-state index contributed by atoms with van der Waals surface area (Å²) in [6.07, 6.45) is 3.65. The minimum absolute atomic E-state index is 0. The molecule has 3 rings (SSSR count). The van der Waals surface area contributed by atoms with Gasteiger partial charge in [-0.15, -0.1) is 12.4 Å². The lowest BCUT2D eigenvalue weighted by Gasteiger charge is -2.42. The molecule has 0 bridgehead atoms. The van der Waals surface area contributed by atoms with Crippen LogP contribution >= 0.6 is 24.0 Å². The lowest BCUT2D eigenvalue weighted by atomic mass is 9.72. The number of hydrogen-bond acceptors (Lipinski definition) is 3. The number of likely N-dealkylation sites (N-methyl/N-ethyl adjacent to an activating group) is 1. The average Bonchev–Trinajstić information content (AvgIpc) is 2.61. The molecule has 1 N–H and O–H groups in total. The summed E-state index contributed by atoms with van der Waals surface area (Å²) in [6.45, 7) is 2.89. The van der Waals surface area contributed by atoms with Crippen LogP contribution in [0.3, 0.4) is 0 Å². The van der Waals surface area contributed by atoms with Crippen molar-refractivity contribution in [1.29, 1.82) is 0 Å². The highest BCUT2D eigenvalue weighted by molar-refractivity contribution is 6.30. The van der Waals surface area contributed by atoms with E-state index in [0.717, 1.165) is 44.3 Å². The molecular formula is C18H26Cl2N2O2. The van der Waals surface area contributed by atoms with Gasteiger partial charge in [-0.25, -0.2) is 0 Å². The van der Waals surface area contributed by atoms with Crippen LogP contribution in [0.15, 0.2) is 24.3 Å². The monoisotopic (exact) mass is 372 g/mol. The molecule has 1 aromatic rings. The first kappa shape index (κ1) is 19.5. The van der Waals surface area contributed by atoms with E-state index in [0.29, 0.717) is 24.3 Å². The number of halogens is 2. The van der Waals surface area contributed by atoms with Gasteiger partial charge in [0, 0.05) is 37.4 Å². The van der Waals surface area contributed by atoms with Crippen LogP contribution in [0.5, 0.6) is 0 Å². The topological polar surface area (TPSA) is 41.6 Å². The van der Waals surface area contributed by atoms with Crippen LogP contribution in [-0.2, 0) is 14.9 Å². The molecule has 2 aliphatic rings. The summed E-state index contributed by atoms with van der Waals surface area (Å²) in [6, 6.07) is 8.18. The van der Waals surface area contributed by atoms with Crippen LogP contribution < -0.4 is 5.32 Å². The molecule has 134 valence electrons. The summed E-state index contributed by atoms with van der Waals surface area (Å²) in [4.78, 5) is 15.5. The van der Waals surface area contributed by atoms with Crippen LogP contribution in [0.2, 0.25) is 5.02 Å². The van der Waals surface area contributed by atoms with E-state index >= 15 is 0 Å². The number of rotatable bonds is 3. The molecule has 1 aromatic carbocycles. The lowest BCUT2D eigenvalue weighted by molar-refractivity contribution is -0.142. The molecule has 0 aliphatic carbocycles. The number of carbonyl (C=O) groups is 1. The van der Waals surface area contributed by atoms with Crippen molar-refractivity contribution in [2.45, 2.75) is 37.1 Å². The average molecular weight is 373 g/mol. The number of benzene rings is 1. The van der Waals surface area contributed by atoms with Gasteiger partial charge in [0.1, 0.15) is 0 Å². The molecule has 1 atom stereocenters. The molecule has 24 heavy (non-hydrogen) atoms. The summed E-state index contributed by atoms with van der Waals surface area (Å²) < 4.78 is 5.54. The summed E-state index contributed by atoms with van der Waals surface area (Å²) in [5.41, 5.74) is 0.545. The second kappa shape index (κ2) is 8.52. The van der Waals surface area contributed by atoms with E-state index in [1.165, 1.54) is 0 Å². The Morgan fingerprint density at radius 2 is 2.12 bits per heavy atom. The third kappa shape index (κ3) is 3.88. The van der Waals surface area contributed by atoms with Crippen molar-refractivity contribution < 1.29 is 9.53 Å². The van der Waals surface area contributed by atoms with Gasteiger partial charge in [-0.3, -0.25) is 4.79 Å². The number of amides is 1. The Labute approximate surface area is 155 Å². The maximum absolute atomic E-state index is 13.4. The second-order valence-electron chi connectivity index (χ2n) is 6.58. The molecule has 2 aliphatic heterocycles. The molecule has 1 unspecified atom stereocenters. The molecule has 6 heteroatoms. The van der Waals surface area contributed by atoms with Crippen molar-refractivity contribution >= 4 is 29.9 Å². The number of carbonyl (C=O) groups excluding carboxylic acids is 1. The minimum atomic E-state index is -0.487. The third-order valence-electron chi connectivity index (χ3n) is 5.25. The molecule has 2 fully saturated rings. The molecular weight excluding hydrogens is 347 g/mol. The molecule has 0 radical (unpaired) electrons. The largest absolute Gasteiger partial charge is 0.381 e. The van der Waals surface area contributed by atoms with Gasteiger partial charge in [-0.05, 0) is 50.4 Å². The van der Waals surface area contributed by atoms with Crippen LogP contribution in [0.1, 0.15) is 31.2 Å². The Balaban J connectivity index is 0.00000208. The second-order valence-corrected chi connectivity index (χ2v) is 7.02. The number of nitrogens with zero attached hydrogens (tertiary/aromatic N) is 1. The van der Waals surface area contributed by atoms with Crippen LogP contribution in [0.25, 0.3) is 0 Å². The van der Waals surface area contributed by atoms with Crippen LogP contribution in [0.4, 0.5) is 0 Å². The van der Waals surface area contributed by atoms with Gasteiger partial charge in [0.05, 0.1) is 5.41 Å². The predicted molar refractivity (Wildman–Crippen MR) is 99.1 cm³/mol. The van der Waals surface area contributed by atoms with Crippen LogP contribution in [0, 0.1) is 0 Å². The maximum atomic E-state index is 13.4. The van der Waals surface area contributed by atoms with E-state index in [2.05, 4.69) is 5.32 Å². The fraction of sp³-hybridized carbons (Fsp3) is 0.611. The number of piperidine rings is 1. The summed E-state index contributed by atoms with van der Waals surface area (Å²) >= 11 is 6.20. The minimum Gasteiger partial charge on any atom is -0.381 e. The number of ether oxygens (including phenoxy) is 1. The molecule has 0 saturated carbocycles. The Hall–Kier alpha value is -0.810. The van der Waals surface area contributed by atoms with Crippen molar-refractivity contribution in [3.05, 3.63) is 34.9 Å². The van der Waals surface area contributed by atoms with E-state index in [-0.39, 0.29) is 18.3 Å². The fourth-order valence-electron chi connectivity index (χ4n) is 3.83. The standard InChI is InChI=1S/C18H25ClN2O2.ClH/c1-20-16-6-3-9-21(13-16)17(22)18(7-10-23-11-8-18)14-4-2-5-15(19)12-14;/h2,4-5,12,16,20H,3,6-11,13H2,1H3;1H. The number of nitrogens with one attached hydrogen (secondary N) is 1. The first-order valence-electron chi connectivity index (χ1n) is 8.46. The van der Waals surface area contributed by atoms with Gasteiger partial charge >= 0.3 is 0 Å². The van der Waals surface area contributed by atoms with E-state index in [4.69, 9.17) is 16.3 Å². The molecule has 4 nitrogen and oxygen atoms in total. The maximum Gasteiger partial charge on any atom is 0.233 e. The fourth-order valence-corrected chi connectivity index (χ4v) is 4.02. The first-order chi connectivity index (χ1) is 11.2. The summed E-state index contributed by atoms with van der Waals surface area (Å²) in [7, 11) is 1.97.